The van der Waals surface area contributed by atoms with Gasteiger partial charge in [0.25, 0.3) is 0 Å². The van der Waals surface area contributed by atoms with Gasteiger partial charge in [0, 0.05) is 11.5 Å². The van der Waals surface area contributed by atoms with Gasteiger partial charge in [-0.2, -0.15) is 0 Å². The van der Waals surface area contributed by atoms with Gasteiger partial charge in [0.1, 0.15) is 16.6 Å². The minimum absolute atomic E-state index is 0.00674. The van der Waals surface area contributed by atoms with E-state index in [1.807, 2.05) is 6.92 Å². The molecule has 116 valence electrons. The molecule has 0 saturated heterocycles. The van der Waals surface area contributed by atoms with Crippen LogP contribution < -0.4 is 0 Å². The molecule has 0 N–H and O–H groups in total. The van der Waals surface area contributed by atoms with E-state index in [2.05, 4.69) is 10.3 Å². The third kappa shape index (κ3) is 2.28. The first-order valence-corrected chi connectivity index (χ1v) is 7.46. The van der Waals surface area contributed by atoms with Crippen LogP contribution in [0, 0.1) is 5.92 Å². The van der Waals surface area contributed by atoms with Crippen molar-refractivity contribution in [1.82, 2.24) is 15.0 Å². The molecule has 6 nitrogen and oxygen atoms in total. The number of Topliss-reactive ketones (excluding diaryl/α,β-unsaturated/α-hetero) is 1. The first kappa shape index (κ1) is 14.7. The van der Waals surface area contributed by atoms with Gasteiger partial charge >= 0.3 is 6.09 Å². The number of aromatic nitrogens is 3. The molecule has 1 aliphatic rings. The summed E-state index contributed by atoms with van der Waals surface area (Å²) < 4.78 is 6.48. The molecule has 3 rings (SSSR count). The first-order valence-electron chi connectivity index (χ1n) is 7.46. The molecule has 0 amide bonds. The number of benzene rings is 1. The maximum atomic E-state index is 12.3. The van der Waals surface area contributed by atoms with Gasteiger partial charge in [0.15, 0.2) is 5.78 Å². The molecule has 1 atom stereocenters. The van der Waals surface area contributed by atoms with Gasteiger partial charge in [-0.1, -0.05) is 12.1 Å². The first-order chi connectivity index (χ1) is 10.3. The molecule has 2 aromatic rings. The average molecular weight is 301 g/mol. The van der Waals surface area contributed by atoms with Crippen LogP contribution in [0.2, 0.25) is 0 Å². The van der Waals surface area contributed by atoms with Crippen LogP contribution in [0.5, 0.6) is 0 Å². The van der Waals surface area contributed by atoms with Crippen LogP contribution in [0.4, 0.5) is 4.79 Å². The van der Waals surface area contributed by atoms with Gasteiger partial charge in [-0.25, -0.2) is 4.79 Å². The lowest BCUT2D eigenvalue weighted by Gasteiger charge is -2.18. The number of ketones is 1. The molecule has 22 heavy (non-hydrogen) atoms. The van der Waals surface area contributed by atoms with Crippen molar-refractivity contribution in [2.45, 2.75) is 46.1 Å². The number of ether oxygens (including phenoxy) is 1. The van der Waals surface area contributed by atoms with Gasteiger partial charge in [0.05, 0.1) is 0 Å². The number of hydrogen-bond donors (Lipinski definition) is 0. The Morgan fingerprint density at radius 3 is 2.77 bits per heavy atom. The molecule has 1 aromatic carbocycles. The Kier molecular flexibility index (Phi) is 3.27. The number of rotatable bonds is 1. The second-order valence-corrected chi connectivity index (χ2v) is 6.61. The summed E-state index contributed by atoms with van der Waals surface area (Å²) in [6.07, 6.45) is 0.899. The Bertz CT molecular complexity index is 771. The van der Waals surface area contributed by atoms with Crippen molar-refractivity contribution in [3.63, 3.8) is 0 Å². The molecule has 0 saturated carbocycles. The summed E-state index contributed by atoms with van der Waals surface area (Å²) in [4.78, 5) is 24.4. The predicted molar refractivity (Wildman–Crippen MR) is 81.0 cm³/mol. The molecular formula is C16H19N3O3. The molecule has 1 heterocycles. The lowest BCUT2D eigenvalue weighted by atomic mass is 10.0. The zero-order chi connectivity index (χ0) is 16.1. The Morgan fingerprint density at radius 1 is 1.41 bits per heavy atom. The van der Waals surface area contributed by atoms with E-state index < -0.39 is 11.7 Å². The summed E-state index contributed by atoms with van der Waals surface area (Å²) in [7, 11) is 0. The van der Waals surface area contributed by atoms with E-state index in [1.54, 1.807) is 32.9 Å². The molecule has 1 aliphatic carbocycles. The molecule has 1 unspecified atom stereocenters. The van der Waals surface area contributed by atoms with Crippen molar-refractivity contribution >= 4 is 22.9 Å². The van der Waals surface area contributed by atoms with Crippen molar-refractivity contribution in [3.8, 4) is 0 Å². The fraction of sp³-hybridized carbons (Fsp3) is 0.500. The van der Waals surface area contributed by atoms with Gasteiger partial charge in [0.2, 0.25) is 0 Å². The van der Waals surface area contributed by atoms with Crippen LogP contribution >= 0.6 is 0 Å². The highest BCUT2D eigenvalue weighted by Crippen LogP contribution is 2.33. The third-order valence-corrected chi connectivity index (χ3v) is 3.87. The second kappa shape index (κ2) is 4.90. The van der Waals surface area contributed by atoms with Crippen LogP contribution in [0.3, 0.4) is 0 Å². The Hall–Kier alpha value is -2.24. The molecule has 0 radical (unpaired) electrons. The Labute approximate surface area is 128 Å². The summed E-state index contributed by atoms with van der Waals surface area (Å²) in [5, 5.41) is 8.02. The highest BCUT2D eigenvalue weighted by molar-refractivity contribution is 6.06. The Morgan fingerprint density at radius 2 is 2.14 bits per heavy atom. The summed E-state index contributed by atoms with van der Waals surface area (Å²) in [5.74, 6) is 0.165. The van der Waals surface area contributed by atoms with E-state index in [0.717, 1.165) is 16.7 Å². The molecule has 0 fully saturated rings. The monoisotopic (exact) mass is 301 g/mol. The summed E-state index contributed by atoms with van der Waals surface area (Å²) >= 11 is 0. The topological polar surface area (TPSA) is 74.1 Å². The minimum Gasteiger partial charge on any atom is -0.442 e. The molecular weight excluding hydrogens is 282 g/mol. The summed E-state index contributed by atoms with van der Waals surface area (Å²) in [6.45, 7) is 7.40. The standard InChI is InChI=1S/C16H19N3O3/c1-5-9-8-11-10(14(9)20)6-7-12-13(11)17-18-19(12)15(21)22-16(2,3)4/h6-7,9H,5,8H2,1-4H3. The van der Waals surface area contributed by atoms with Crippen LogP contribution in [-0.4, -0.2) is 32.5 Å². The van der Waals surface area contributed by atoms with Crippen LogP contribution in [-0.2, 0) is 11.2 Å². The van der Waals surface area contributed by atoms with Crippen molar-refractivity contribution in [1.29, 1.82) is 0 Å². The zero-order valence-electron chi connectivity index (χ0n) is 13.2. The zero-order valence-corrected chi connectivity index (χ0v) is 13.2. The molecule has 0 bridgehead atoms. The van der Waals surface area contributed by atoms with Crippen LogP contribution in [0.15, 0.2) is 12.1 Å². The minimum atomic E-state index is -0.602. The highest BCUT2D eigenvalue weighted by atomic mass is 16.6. The van der Waals surface area contributed by atoms with Crippen LogP contribution in [0.25, 0.3) is 11.0 Å². The van der Waals surface area contributed by atoms with Crippen molar-refractivity contribution < 1.29 is 14.3 Å². The van der Waals surface area contributed by atoms with E-state index in [-0.39, 0.29) is 11.7 Å². The quantitative estimate of drug-likeness (QED) is 0.809. The summed E-state index contributed by atoms with van der Waals surface area (Å²) in [5.41, 5.74) is 2.19. The van der Waals surface area contributed by atoms with Crippen LogP contribution in [0.1, 0.15) is 50.0 Å². The maximum Gasteiger partial charge on any atom is 0.437 e. The van der Waals surface area contributed by atoms with E-state index in [4.69, 9.17) is 4.74 Å². The Balaban J connectivity index is 2.05. The third-order valence-electron chi connectivity index (χ3n) is 3.87. The number of fused-ring (bicyclic) bond motifs is 3. The highest BCUT2D eigenvalue weighted by Gasteiger charge is 2.32. The van der Waals surface area contributed by atoms with E-state index >= 15 is 0 Å². The van der Waals surface area contributed by atoms with Crippen molar-refractivity contribution in [2.24, 2.45) is 5.92 Å². The predicted octanol–water partition coefficient (Wildman–Crippen LogP) is 2.98. The smallest absolute Gasteiger partial charge is 0.437 e. The molecule has 1 aromatic heterocycles. The number of hydrogen-bond acceptors (Lipinski definition) is 5. The second-order valence-electron chi connectivity index (χ2n) is 6.61. The van der Waals surface area contributed by atoms with Crippen molar-refractivity contribution in [3.05, 3.63) is 23.3 Å². The number of carbonyl (C=O) groups excluding carboxylic acids is 2. The molecule has 0 spiro atoms. The SMILES string of the molecule is CCC1Cc2c(ccc3c2nnn3C(=O)OC(C)(C)C)C1=O. The summed E-state index contributed by atoms with van der Waals surface area (Å²) in [6, 6.07) is 3.48. The largest absolute Gasteiger partial charge is 0.442 e. The maximum absolute atomic E-state index is 12.3. The van der Waals surface area contributed by atoms with Gasteiger partial charge in [-0.15, -0.1) is 9.78 Å². The van der Waals surface area contributed by atoms with E-state index in [1.165, 1.54) is 0 Å². The lowest BCUT2D eigenvalue weighted by molar-refractivity contribution is 0.0519. The molecule has 0 aliphatic heterocycles. The van der Waals surface area contributed by atoms with Gasteiger partial charge in [-0.05, 0) is 51.3 Å². The van der Waals surface area contributed by atoms with E-state index in [9.17, 15) is 9.59 Å². The molecule has 6 heteroatoms. The fourth-order valence-corrected chi connectivity index (χ4v) is 2.81. The number of nitrogens with zero attached hydrogens (tertiary/aromatic N) is 3. The normalized spacial score (nSPS) is 17.8. The van der Waals surface area contributed by atoms with Gasteiger partial charge < -0.3 is 4.74 Å². The average Bonchev–Trinajstić information content (AvgIpc) is 2.98. The van der Waals surface area contributed by atoms with Crippen molar-refractivity contribution in [2.75, 3.05) is 0 Å². The fourth-order valence-electron chi connectivity index (χ4n) is 2.81. The van der Waals surface area contributed by atoms with Gasteiger partial charge in [-0.3, -0.25) is 4.79 Å². The number of carbonyl (C=O) groups is 2. The van der Waals surface area contributed by atoms with E-state index in [0.29, 0.717) is 23.0 Å². The lowest BCUT2D eigenvalue weighted by Crippen LogP contribution is -2.27.